The van der Waals surface area contributed by atoms with E-state index < -0.39 is 12.7 Å². The number of halogens is 2. The van der Waals surface area contributed by atoms with E-state index in [1.807, 2.05) is 24.3 Å². The maximum atomic E-state index is 12.6. The van der Waals surface area contributed by atoms with Crippen molar-refractivity contribution in [2.24, 2.45) is 0 Å². The number of thioether (sulfide) groups is 1. The molecule has 8 heteroatoms. The number of para-hydroxylation sites is 1. The van der Waals surface area contributed by atoms with Crippen molar-refractivity contribution in [2.75, 3.05) is 17.2 Å². The van der Waals surface area contributed by atoms with Crippen molar-refractivity contribution in [3.63, 3.8) is 0 Å². The molecule has 0 aromatic heterocycles. The molecule has 2 amide bonds. The lowest BCUT2D eigenvalue weighted by atomic mass is 10.1. The van der Waals surface area contributed by atoms with Gasteiger partial charge in [0.25, 0.3) is 0 Å². The lowest BCUT2D eigenvalue weighted by molar-refractivity contribution is -0.125. The van der Waals surface area contributed by atoms with E-state index in [1.165, 1.54) is 12.1 Å². The summed E-state index contributed by atoms with van der Waals surface area (Å²) >= 11 is 1.71. The number of rotatable bonds is 7. The fraction of sp³-hybridized carbons (Fsp3) is 0.333. The highest BCUT2D eigenvalue weighted by Crippen LogP contribution is 2.34. The SMILES string of the molecule is CC(NC(=O)CCC(=O)N1CCSc2ccccc21)c1cccc(OC(F)F)c1. The van der Waals surface area contributed by atoms with Crippen molar-refractivity contribution in [1.82, 2.24) is 5.32 Å². The maximum Gasteiger partial charge on any atom is 0.387 e. The molecular formula is C21H22F2N2O3S. The van der Waals surface area contributed by atoms with Gasteiger partial charge in [0.15, 0.2) is 0 Å². The molecule has 2 aromatic rings. The van der Waals surface area contributed by atoms with Crippen molar-refractivity contribution in [3.05, 3.63) is 54.1 Å². The van der Waals surface area contributed by atoms with Gasteiger partial charge in [-0.25, -0.2) is 0 Å². The van der Waals surface area contributed by atoms with Crippen LogP contribution >= 0.6 is 11.8 Å². The fourth-order valence-electron chi connectivity index (χ4n) is 3.14. The molecule has 1 aliphatic rings. The van der Waals surface area contributed by atoms with Crippen LogP contribution < -0.4 is 15.0 Å². The normalized spacial score (nSPS) is 14.3. The van der Waals surface area contributed by atoms with Crippen LogP contribution in [0.4, 0.5) is 14.5 Å². The summed E-state index contributed by atoms with van der Waals surface area (Å²) in [7, 11) is 0. The summed E-state index contributed by atoms with van der Waals surface area (Å²) in [5.74, 6) is 0.497. The van der Waals surface area contributed by atoms with Gasteiger partial charge in [-0.05, 0) is 36.8 Å². The predicted molar refractivity (Wildman–Crippen MR) is 108 cm³/mol. The van der Waals surface area contributed by atoms with Crippen LogP contribution in [-0.2, 0) is 9.59 Å². The molecule has 5 nitrogen and oxygen atoms in total. The van der Waals surface area contributed by atoms with E-state index in [0.717, 1.165) is 16.3 Å². The molecule has 0 spiro atoms. The van der Waals surface area contributed by atoms with Gasteiger partial charge in [0.05, 0.1) is 11.7 Å². The summed E-state index contributed by atoms with van der Waals surface area (Å²) in [6, 6.07) is 13.5. The number of carbonyl (C=O) groups excluding carboxylic acids is 2. The third kappa shape index (κ3) is 5.69. The van der Waals surface area contributed by atoms with Crippen LogP contribution in [0.1, 0.15) is 31.4 Å². The van der Waals surface area contributed by atoms with E-state index in [2.05, 4.69) is 10.1 Å². The summed E-state index contributed by atoms with van der Waals surface area (Å²) in [6.07, 6.45) is 0.161. The summed E-state index contributed by atoms with van der Waals surface area (Å²) in [6.45, 7) is -0.533. The van der Waals surface area contributed by atoms with E-state index in [-0.39, 0.29) is 30.4 Å². The lowest BCUT2D eigenvalue weighted by Gasteiger charge is -2.29. The molecule has 1 unspecified atom stereocenters. The van der Waals surface area contributed by atoms with Crippen LogP contribution in [0.5, 0.6) is 5.75 Å². The number of benzene rings is 2. The monoisotopic (exact) mass is 420 g/mol. The number of amides is 2. The second-order valence-corrected chi connectivity index (χ2v) is 7.74. The van der Waals surface area contributed by atoms with Gasteiger partial charge < -0.3 is 15.0 Å². The Labute approximate surface area is 172 Å². The Morgan fingerprint density at radius 2 is 1.97 bits per heavy atom. The smallest absolute Gasteiger partial charge is 0.387 e. The Kier molecular flexibility index (Phi) is 7.09. The number of alkyl halides is 2. The van der Waals surface area contributed by atoms with Gasteiger partial charge in [0.2, 0.25) is 11.8 Å². The van der Waals surface area contributed by atoms with Gasteiger partial charge in [-0.15, -0.1) is 11.8 Å². The Hall–Kier alpha value is -2.61. The Morgan fingerprint density at radius 3 is 2.76 bits per heavy atom. The van der Waals surface area contributed by atoms with E-state index in [0.29, 0.717) is 12.1 Å². The van der Waals surface area contributed by atoms with Gasteiger partial charge in [-0.1, -0.05) is 24.3 Å². The molecule has 2 aromatic carbocycles. The quantitative estimate of drug-likeness (QED) is 0.722. The second kappa shape index (κ2) is 9.73. The number of hydrogen-bond acceptors (Lipinski definition) is 4. The molecule has 0 saturated heterocycles. The number of hydrogen-bond donors (Lipinski definition) is 1. The van der Waals surface area contributed by atoms with Crippen LogP contribution in [0.2, 0.25) is 0 Å². The molecule has 0 radical (unpaired) electrons. The number of ether oxygens (including phenoxy) is 1. The summed E-state index contributed by atoms with van der Waals surface area (Å²) in [5, 5.41) is 2.80. The first-order valence-electron chi connectivity index (χ1n) is 9.30. The molecule has 1 N–H and O–H groups in total. The van der Waals surface area contributed by atoms with Crippen LogP contribution in [0.25, 0.3) is 0 Å². The standard InChI is InChI=1S/C21H22F2N2O3S/c1-14(15-5-4-6-16(13-15)28-21(22)23)24-19(26)9-10-20(27)25-11-12-29-18-8-3-2-7-17(18)25/h2-8,13-14,21H,9-12H2,1H3,(H,24,26). The van der Waals surface area contributed by atoms with E-state index >= 15 is 0 Å². The minimum atomic E-state index is -2.90. The third-order valence-electron chi connectivity index (χ3n) is 4.56. The van der Waals surface area contributed by atoms with Crippen LogP contribution in [0.15, 0.2) is 53.4 Å². The average Bonchev–Trinajstić information content (AvgIpc) is 2.71. The predicted octanol–water partition coefficient (Wildman–Crippen LogP) is 4.38. The average molecular weight is 420 g/mol. The minimum absolute atomic E-state index is 0.0374. The first-order chi connectivity index (χ1) is 13.9. The van der Waals surface area contributed by atoms with Crippen molar-refractivity contribution < 1.29 is 23.1 Å². The molecule has 3 rings (SSSR count). The van der Waals surface area contributed by atoms with Crippen LogP contribution in [0.3, 0.4) is 0 Å². The van der Waals surface area contributed by atoms with Crippen LogP contribution in [0, 0.1) is 0 Å². The Morgan fingerprint density at radius 1 is 1.17 bits per heavy atom. The first kappa shape index (κ1) is 21.1. The molecule has 0 aliphatic carbocycles. The first-order valence-corrected chi connectivity index (χ1v) is 10.3. The zero-order valence-electron chi connectivity index (χ0n) is 15.9. The Balaban J connectivity index is 1.53. The summed E-state index contributed by atoms with van der Waals surface area (Å²) < 4.78 is 29.1. The topological polar surface area (TPSA) is 58.6 Å². The number of nitrogens with zero attached hydrogens (tertiary/aromatic N) is 1. The van der Waals surface area contributed by atoms with Gasteiger partial charge in [-0.3, -0.25) is 9.59 Å². The molecule has 154 valence electrons. The number of fused-ring (bicyclic) bond motifs is 1. The zero-order chi connectivity index (χ0) is 20.8. The molecular weight excluding hydrogens is 398 g/mol. The van der Waals surface area contributed by atoms with Gasteiger partial charge >= 0.3 is 6.61 Å². The molecule has 0 fully saturated rings. The summed E-state index contributed by atoms with van der Waals surface area (Å²) in [4.78, 5) is 27.7. The van der Waals surface area contributed by atoms with Crippen molar-refractivity contribution in [2.45, 2.75) is 37.3 Å². The van der Waals surface area contributed by atoms with Crippen molar-refractivity contribution in [3.8, 4) is 5.75 Å². The van der Waals surface area contributed by atoms with Crippen molar-refractivity contribution >= 4 is 29.3 Å². The second-order valence-electron chi connectivity index (χ2n) is 6.60. The van der Waals surface area contributed by atoms with Crippen molar-refractivity contribution in [1.29, 1.82) is 0 Å². The highest BCUT2D eigenvalue weighted by Gasteiger charge is 2.23. The molecule has 1 atom stereocenters. The Bertz CT molecular complexity index is 879. The molecule has 0 saturated carbocycles. The van der Waals surface area contributed by atoms with Crippen LogP contribution in [-0.4, -0.2) is 30.7 Å². The number of carbonyl (C=O) groups is 2. The number of anilines is 1. The maximum absolute atomic E-state index is 12.6. The third-order valence-corrected chi connectivity index (χ3v) is 5.60. The molecule has 0 bridgehead atoms. The minimum Gasteiger partial charge on any atom is -0.435 e. The highest BCUT2D eigenvalue weighted by molar-refractivity contribution is 7.99. The lowest BCUT2D eigenvalue weighted by Crippen LogP contribution is -2.36. The molecule has 1 aliphatic heterocycles. The fourth-order valence-corrected chi connectivity index (χ4v) is 4.14. The molecule has 29 heavy (non-hydrogen) atoms. The number of nitrogens with one attached hydrogen (secondary N) is 1. The largest absolute Gasteiger partial charge is 0.435 e. The van der Waals surface area contributed by atoms with E-state index in [4.69, 9.17) is 0 Å². The van der Waals surface area contributed by atoms with Gasteiger partial charge in [0.1, 0.15) is 5.75 Å². The molecule has 1 heterocycles. The van der Waals surface area contributed by atoms with E-state index in [9.17, 15) is 18.4 Å². The summed E-state index contributed by atoms with van der Waals surface area (Å²) in [5.41, 5.74) is 1.53. The van der Waals surface area contributed by atoms with Gasteiger partial charge in [-0.2, -0.15) is 8.78 Å². The van der Waals surface area contributed by atoms with E-state index in [1.54, 1.807) is 35.7 Å². The van der Waals surface area contributed by atoms with Gasteiger partial charge in [0, 0.05) is 30.0 Å². The zero-order valence-corrected chi connectivity index (χ0v) is 16.8. The highest BCUT2D eigenvalue weighted by atomic mass is 32.2.